The second-order valence-corrected chi connectivity index (χ2v) is 6.00. The molecule has 19 heavy (non-hydrogen) atoms. The molecule has 106 valence electrons. The molecule has 3 N–H and O–H groups in total. The Balaban J connectivity index is 2.03. The van der Waals surface area contributed by atoms with Crippen LogP contribution >= 0.6 is 0 Å². The van der Waals surface area contributed by atoms with Crippen molar-refractivity contribution in [1.82, 2.24) is 4.90 Å². The summed E-state index contributed by atoms with van der Waals surface area (Å²) < 4.78 is 0. The van der Waals surface area contributed by atoms with Crippen LogP contribution in [0.3, 0.4) is 0 Å². The van der Waals surface area contributed by atoms with Crippen LogP contribution in [0.1, 0.15) is 29.5 Å². The highest BCUT2D eigenvalue weighted by molar-refractivity contribution is 5.30. The molecule has 0 amide bonds. The normalized spacial score (nSPS) is 24.6. The SMILES string of the molecule is Cc1ccc(C)c(CN2CC(N)CC(CCO)C2)c1. The monoisotopic (exact) mass is 262 g/mol. The van der Waals surface area contributed by atoms with E-state index in [0.717, 1.165) is 32.5 Å². The molecule has 0 aliphatic carbocycles. The van der Waals surface area contributed by atoms with Crippen LogP contribution in [-0.4, -0.2) is 35.7 Å². The molecule has 0 saturated carbocycles. The van der Waals surface area contributed by atoms with Gasteiger partial charge in [0.2, 0.25) is 0 Å². The summed E-state index contributed by atoms with van der Waals surface area (Å²) in [5.74, 6) is 0.541. The second-order valence-electron chi connectivity index (χ2n) is 6.00. The zero-order valence-corrected chi connectivity index (χ0v) is 12.1. The van der Waals surface area contributed by atoms with E-state index in [2.05, 4.69) is 36.9 Å². The molecule has 2 unspecified atom stereocenters. The van der Waals surface area contributed by atoms with E-state index in [1.54, 1.807) is 0 Å². The summed E-state index contributed by atoms with van der Waals surface area (Å²) in [6, 6.07) is 6.88. The number of nitrogens with zero attached hydrogens (tertiary/aromatic N) is 1. The summed E-state index contributed by atoms with van der Waals surface area (Å²) >= 11 is 0. The minimum absolute atomic E-state index is 0.246. The van der Waals surface area contributed by atoms with Gasteiger partial charge in [0.1, 0.15) is 0 Å². The number of hydrogen-bond acceptors (Lipinski definition) is 3. The van der Waals surface area contributed by atoms with Crippen LogP contribution in [0, 0.1) is 19.8 Å². The van der Waals surface area contributed by atoms with Gasteiger partial charge in [-0.25, -0.2) is 0 Å². The molecule has 1 heterocycles. The summed E-state index contributed by atoms with van der Waals surface area (Å²) in [6.45, 7) is 7.58. The average Bonchev–Trinajstić information content (AvgIpc) is 2.33. The third kappa shape index (κ3) is 4.03. The fraction of sp³-hybridized carbons (Fsp3) is 0.625. The van der Waals surface area contributed by atoms with Gasteiger partial charge in [0.25, 0.3) is 0 Å². The third-order valence-electron chi connectivity index (χ3n) is 4.08. The molecular weight excluding hydrogens is 236 g/mol. The molecule has 1 fully saturated rings. The van der Waals surface area contributed by atoms with Crippen LogP contribution in [0.5, 0.6) is 0 Å². The van der Waals surface area contributed by atoms with E-state index in [4.69, 9.17) is 10.8 Å². The molecular formula is C16H26N2O. The maximum absolute atomic E-state index is 9.10. The molecule has 0 spiro atoms. The van der Waals surface area contributed by atoms with Gasteiger partial charge in [-0.05, 0) is 43.7 Å². The Hall–Kier alpha value is -0.900. The molecule has 0 aromatic heterocycles. The van der Waals surface area contributed by atoms with Gasteiger partial charge in [-0.1, -0.05) is 23.8 Å². The number of rotatable bonds is 4. The number of aliphatic hydroxyl groups excluding tert-OH is 1. The van der Waals surface area contributed by atoms with E-state index >= 15 is 0 Å². The van der Waals surface area contributed by atoms with Gasteiger partial charge >= 0.3 is 0 Å². The van der Waals surface area contributed by atoms with Crippen molar-refractivity contribution in [3.63, 3.8) is 0 Å². The Labute approximate surface area is 116 Å². The highest BCUT2D eigenvalue weighted by Gasteiger charge is 2.24. The average molecular weight is 262 g/mol. The lowest BCUT2D eigenvalue weighted by atomic mass is 9.91. The van der Waals surface area contributed by atoms with Crippen molar-refractivity contribution in [3.8, 4) is 0 Å². The fourth-order valence-corrected chi connectivity index (χ4v) is 3.08. The van der Waals surface area contributed by atoms with Crippen LogP contribution in [0.4, 0.5) is 0 Å². The van der Waals surface area contributed by atoms with Crippen LogP contribution in [0.2, 0.25) is 0 Å². The molecule has 0 radical (unpaired) electrons. The number of benzene rings is 1. The van der Waals surface area contributed by atoms with Crippen molar-refractivity contribution < 1.29 is 5.11 Å². The standard InChI is InChI=1S/C16H26N2O/c1-12-3-4-13(2)15(7-12)10-18-9-14(5-6-19)8-16(17)11-18/h3-4,7,14,16,19H,5-6,8-11,17H2,1-2H3. The summed E-state index contributed by atoms with van der Waals surface area (Å²) in [7, 11) is 0. The molecule has 1 aromatic carbocycles. The number of likely N-dealkylation sites (tertiary alicyclic amines) is 1. The Morgan fingerprint density at radius 3 is 2.84 bits per heavy atom. The van der Waals surface area contributed by atoms with Crippen LogP contribution < -0.4 is 5.73 Å². The van der Waals surface area contributed by atoms with Gasteiger partial charge in [-0.15, -0.1) is 0 Å². The lowest BCUT2D eigenvalue weighted by Crippen LogP contribution is -2.46. The zero-order valence-electron chi connectivity index (χ0n) is 12.1. The minimum Gasteiger partial charge on any atom is -0.396 e. The first-order valence-corrected chi connectivity index (χ1v) is 7.23. The van der Waals surface area contributed by atoms with Gasteiger partial charge in [-0.2, -0.15) is 0 Å². The Morgan fingerprint density at radius 1 is 1.32 bits per heavy atom. The summed E-state index contributed by atoms with van der Waals surface area (Å²) in [4.78, 5) is 2.44. The van der Waals surface area contributed by atoms with Crippen molar-refractivity contribution >= 4 is 0 Å². The van der Waals surface area contributed by atoms with Gasteiger partial charge in [0, 0.05) is 32.3 Å². The van der Waals surface area contributed by atoms with E-state index in [-0.39, 0.29) is 12.6 Å². The van der Waals surface area contributed by atoms with Crippen molar-refractivity contribution in [1.29, 1.82) is 0 Å². The van der Waals surface area contributed by atoms with Gasteiger partial charge in [-0.3, -0.25) is 4.90 Å². The summed E-state index contributed by atoms with van der Waals surface area (Å²) in [5, 5.41) is 9.10. The number of aryl methyl sites for hydroxylation is 2. The molecule has 1 saturated heterocycles. The summed E-state index contributed by atoms with van der Waals surface area (Å²) in [6.07, 6.45) is 1.92. The van der Waals surface area contributed by atoms with E-state index < -0.39 is 0 Å². The fourth-order valence-electron chi connectivity index (χ4n) is 3.08. The maximum atomic E-state index is 9.10. The van der Waals surface area contributed by atoms with Crippen LogP contribution in [0.25, 0.3) is 0 Å². The van der Waals surface area contributed by atoms with Crippen molar-refractivity contribution in [2.24, 2.45) is 11.7 Å². The number of aliphatic hydroxyl groups is 1. The number of nitrogens with two attached hydrogens (primary N) is 1. The zero-order chi connectivity index (χ0) is 13.8. The quantitative estimate of drug-likeness (QED) is 0.870. The Kier molecular flexibility index (Phi) is 4.97. The lowest BCUT2D eigenvalue weighted by molar-refractivity contribution is 0.128. The molecule has 1 aliphatic rings. The highest BCUT2D eigenvalue weighted by Crippen LogP contribution is 2.22. The molecule has 2 atom stereocenters. The number of hydrogen-bond donors (Lipinski definition) is 2. The smallest absolute Gasteiger partial charge is 0.0434 e. The van der Waals surface area contributed by atoms with Gasteiger partial charge in [0.05, 0.1) is 0 Å². The molecule has 3 nitrogen and oxygen atoms in total. The molecule has 1 aromatic rings. The topological polar surface area (TPSA) is 49.5 Å². The van der Waals surface area contributed by atoms with Crippen molar-refractivity contribution in [2.75, 3.05) is 19.7 Å². The van der Waals surface area contributed by atoms with E-state index in [0.29, 0.717) is 5.92 Å². The maximum Gasteiger partial charge on any atom is 0.0434 e. The minimum atomic E-state index is 0.246. The van der Waals surface area contributed by atoms with Crippen LogP contribution in [0.15, 0.2) is 18.2 Å². The molecule has 1 aliphatic heterocycles. The molecule has 0 bridgehead atoms. The van der Waals surface area contributed by atoms with Crippen molar-refractivity contribution in [3.05, 3.63) is 34.9 Å². The number of piperidine rings is 1. The lowest BCUT2D eigenvalue weighted by Gasteiger charge is -2.36. The van der Waals surface area contributed by atoms with Gasteiger partial charge < -0.3 is 10.8 Å². The van der Waals surface area contributed by atoms with E-state index in [1.807, 2.05) is 0 Å². The predicted octanol–water partition coefficient (Wildman–Crippen LogP) is 1.84. The van der Waals surface area contributed by atoms with Gasteiger partial charge in [0.15, 0.2) is 0 Å². The first kappa shape index (κ1) is 14.5. The Morgan fingerprint density at radius 2 is 2.11 bits per heavy atom. The molecule has 2 rings (SSSR count). The van der Waals surface area contributed by atoms with Crippen molar-refractivity contribution in [2.45, 2.75) is 39.3 Å². The summed E-state index contributed by atoms with van der Waals surface area (Å²) in [5.41, 5.74) is 10.2. The largest absolute Gasteiger partial charge is 0.396 e. The predicted molar refractivity (Wildman–Crippen MR) is 79.0 cm³/mol. The first-order chi connectivity index (χ1) is 9.08. The third-order valence-corrected chi connectivity index (χ3v) is 4.08. The van der Waals surface area contributed by atoms with E-state index in [1.165, 1.54) is 16.7 Å². The molecule has 3 heteroatoms. The first-order valence-electron chi connectivity index (χ1n) is 7.23. The second kappa shape index (κ2) is 6.51. The highest BCUT2D eigenvalue weighted by atomic mass is 16.3. The van der Waals surface area contributed by atoms with Crippen LogP contribution in [-0.2, 0) is 6.54 Å². The Bertz CT molecular complexity index is 419. The van der Waals surface area contributed by atoms with E-state index in [9.17, 15) is 0 Å².